The topological polar surface area (TPSA) is 61.5 Å². The Kier molecular flexibility index (Phi) is 4.49. The fourth-order valence-electron chi connectivity index (χ4n) is 1.16. The van der Waals surface area contributed by atoms with Crippen LogP contribution in [0.15, 0.2) is 18.2 Å². The summed E-state index contributed by atoms with van der Waals surface area (Å²) in [5, 5.41) is 0. The van der Waals surface area contributed by atoms with Crippen LogP contribution in [0.2, 0.25) is 0 Å². The number of carbonyl (C=O) groups is 1. The third-order valence-corrected chi connectivity index (χ3v) is 2.07. The van der Waals surface area contributed by atoms with Gasteiger partial charge < -0.3 is 15.2 Å². The van der Waals surface area contributed by atoms with Crippen molar-refractivity contribution >= 4 is 5.97 Å². The summed E-state index contributed by atoms with van der Waals surface area (Å²) in [5.41, 5.74) is 5.66. The molecule has 0 aromatic heterocycles. The monoisotopic (exact) mass is 237 g/mol. The predicted molar refractivity (Wildman–Crippen MR) is 59.6 cm³/mol. The number of esters is 1. The molecule has 0 bridgehead atoms. The zero-order valence-corrected chi connectivity index (χ0v) is 9.27. The van der Waals surface area contributed by atoms with E-state index in [1.54, 1.807) is 0 Å². The molecule has 5 heteroatoms. The molecule has 1 rings (SSSR count). The minimum absolute atomic E-state index is 0.0850. The van der Waals surface area contributed by atoms with E-state index in [-0.39, 0.29) is 12.3 Å². The number of halogens is 1. The normalized spacial score (nSPS) is 11.4. The second kappa shape index (κ2) is 5.87. The molecular formula is C12H12FNO3. The van der Waals surface area contributed by atoms with Crippen LogP contribution in [0.4, 0.5) is 4.39 Å². The van der Waals surface area contributed by atoms with Gasteiger partial charge in [0.25, 0.3) is 6.10 Å². The molecule has 1 aromatic carbocycles. The van der Waals surface area contributed by atoms with Gasteiger partial charge in [0.05, 0.1) is 7.11 Å². The largest absolute Gasteiger partial charge is 0.466 e. The summed E-state index contributed by atoms with van der Waals surface area (Å²) in [5.74, 6) is 1.03. The molecule has 0 aliphatic carbocycles. The molecule has 0 aliphatic rings. The molecular weight excluding hydrogens is 225 g/mol. The predicted octanol–water partition coefficient (Wildman–Crippen LogP) is 0.838. The van der Waals surface area contributed by atoms with Crippen LogP contribution in [0.1, 0.15) is 5.56 Å². The standard InChI is InChI=1S/C12H12FNO3/c1-3-11(12(15)16-2)17-9-5-4-8(7-14)10(13)6-9/h1,4-6,11H,7,14H2,2H3/t11-/m0/s1. The Morgan fingerprint density at radius 2 is 2.35 bits per heavy atom. The van der Waals surface area contributed by atoms with Gasteiger partial charge in [0.15, 0.2) is 0 Å². The second-order valence-corrected chi connectivity index (χ2v) is 3.15. The Balaban J connectivity index is 2.85. The number of rotatable bonds is 4. The first-order chi connectivity index (χ1) is 8.12. The number of hydrogen-bond acceptors (Lipinski definition) is 4. The average Bonchev–Trinajstić information content (AvgIpc) is 2.35. The first-order valence-electron chi connectivity index (χ1n) is 4.81. The van der Waals surface area contributed by atoms with Crippen molar-refractivity contribution in [3.05, 3.63) is 29.6 Å². The van der Waals surface area contributed by atoms with Gasteiger partial charge in [-0.3, -0.25) is 0 Å². The molecule has 0 heterocycles. The summed E-state index contributed by atoms with van der Waals surface area (Å²) in [6.07, 6.45) is 3.91. The van der Waals surface area contributed by atoms with Crippen LogP contribution in [0.3, 0.4) is 0 Å². The molecule has 0 saturated heterocycles. The zero-order valence-electron chi connectivity index (χ0n) is 9.27. The first kappa shape index (κ1) is 13.0. The molecule has 90 valence electrons. The molecule has 0 spiro atoms. The van der Waals surface area contributed by atoms with Crippen LogP contribution in [-0.4, -0.2) is 19.2 Å². The average molecular weight is 237 g/mol. The molecule has 2 N–H and O–H groups in total. The van der Waals surface area contributed by atoms with Crippen LogP contribution < -0.4 is 10.5 Å². The van der Waals surface area contributed by atoms with E-state index in [0.717, 1.165) is 6.07 Å². The molecule has 0 amide bonds. The van der Waals surface area contributed by atoms with E-state index in [0.29, 0.717) is 5.56 Å². The second-order valence-electron chi connectivity index (χ2n) is 3.15. The smallest absolute Gasteiger partial charge is 0.359 e. The number of hydrogen-bond donors (Lipinski definition) is 1. The van der Waals surface area contributed by atoms with Crippen molar-refractivity contribution < 1.29 is 18.7 Å². The van der Waals surface area contributed by atoms with E-state index in [2.05, 4.69) is 10.7 Å². The fourth-order valence-corrected chi connectivity index (χ4v) is 1.16. The molecule has 0 aliphatic heterocycles. The van der Waals surface area contributed by atoms with E-state index in [1.807, 2.05) is 0 Å². The van der Waals surface area contributed by atoms with Gasteiger partial charge in [0, 0.05) is 18.2 Å². The van der Waals surface area contributed by atoms with Gasteiger partial charge in [0.1, 0.15) is 11.6 Å². The Bertz CT molecular complexity index is 454. The van der Waals surface area contributed by atoms with Crippen LogP contribution in [0.25, 0.3) is 0 Å². The highest BCUT2D eigenvalue weighted by atomic mass is 19.1. The van der Waals surface area contributed by atoms with Crippen molar-refractivity contribution in [3.63, 3.8) is 0 Å². The summed E-state index contributed by atoms with van der Waals surface area (Å²) < 4.78 is 22.9. The number of ether oxygens (including phenoxy) is 2. The lowest BCUT2D eigenvalue weighted by Gasteiger charge is -2.12. The molecule has 0 saturated carbocycles. The summed E-state index contributed by atoms with van der Waals surface area (Å²) in [7, 11) is 1.19. The number of carbonyl (C=O) groups excluding carboxylic acids is 1. The summed E-state index contributed by atoms with van der Waals surface area (Å²) >= 11 is 0. The van der Waals surface area contributed by atoms with Gasteiger partial charge in [-0.05, 0) is 6.07 Å². The fraction of sp³-hybridized carbons (Fsp3) is 0.250. The minimum Gasteiger partial charge on any atom is -0.466 e. The van der Waals surface area contributed by atoms with E-state index in [4.69, 9.17) is 16.9 Å². The van der Waals surface area contributed by atoms with E-state index < -0.39 is 17.9 Å². The summed E-state index contributed by atoms with van der Waals surface area (Å²) in [6.45, 7) is 0.0850. The highest BCUT2D eigenvalue weighted by molar-refractivity contribution is 5.78. The van der Waals surface area contributed by atoms with Crippen molar-refractivity contribution in [3.8, 4) is 18.1 Å². The Morgan fingerprint density at radius 3 is 2.82 bits per heavy atom. The first-order valence-corrected chi connectivity index (χ1v) is 4.81. The Morgan fingerprint density at radius 1 is 1.65 bits per heavy atom. The maximum atomic E-state index is 13.4. The maximum absolute atomic E-state index is 13.4. The third kappa shape index (κ3) is 3.20. The van der Waals surface area contributed by atoms with Gasteiger partial charge in [-0.1, -0.05) is 12.0 Å². The highest BCUT2D eigenvalue weighted by Crippen LogP contribution is 2.17. The van der Waals surface area contributed by atoms with Crippen LogP contribution >= 0.6 is 0 Å². The van der Waals surface area contributed by atoms with Crippen molar-refractivity contribution in [2.45, 2.75) is 12.6 Å². The quantitative estimate of drug-likeness (QED) is 0.622. The molecule has 0 fully saturated rings. The zero-order chi connectivity index (χ0) is 12.8. The number of terminal acetylenes is 1. The van der Waals surface area contributed by atoms with Gasteiger partial charge in [-0.25, -0.2) is 9.18 Å². The highest BCUT2D eigenvalue weighted by Gasteiger charge is 2.18. The van der Waals surface area contributed by atoms with Crippen LogP contribution in [0.5, 0.6) is 5.75 Å². The summed E-state index contributed by atoms with van der Waals surface area (Å²) in [4.78, 5) is 11.2. The van der Waals surface area contributed by atoms with Gasteiger partial charge >= 0.3 is 5.97 Å². The van der Waals surface area contributed by atoms with Gasteiger partial charge in [-0.15, -0.1) is 6.42 Å². The van der Waals surface area contributed by atoms with Crippen LogP contribution in [-0.2, 0) is 16.1 Å². The molecule has 4 nitrogen and oxygen atoms in total. The van der Waals surface area contributed by atoms with Gasteiger partial charge in [0.2, 0.25) is 0 Å². The van der Waals surface area contributed by atoms with Gasteiger partial charge in [-0.2, -0.15) is 0 Å². The lowest BCUT2D eigenvalue weighted by Crippen LogP contribution is -2.26. The van der Waals surface area contributed by atoms with E-state index in [9.17, 15) is 9.18 Å². The molecule has 1 aromatic rings. The van der Waals surface area contributed by atoms with E-state index >= 15 is 0 Å². The molecule has 1 atom stereocenters. The lowest BCUT2D eigenvalue weighted by molar-refractivity contribution is -0.146. The van der Waals surface area contributed by atoms with Crippen molar-refractivity contribution in [2.24, 2.45) is 5.73 Å². The Hall–Kier alpha value is -2.06. The molecule has 0 radical (unpaired) electrons. The van der Waals surface area contributed by atoms with Crippen molar-refractivity contribution in [1.29, 1.82) is 0 Å². The number of benzene rings is 1. The van der Waals surface area contributed by atoms with E-state index in [1.165, 1.54) is 19.2 Å². The minimum atomic E-state index is -1.19. The lowest BCUT2D eigenvalue weighted by atomic mass is 10.2. The Labute approximate surface area is 98.5 Å². The molecule has 0 unspecified atom stereocenters. The number of methoxy groups -OCH3 is 1. The maximum Gasteiger partial charge on any atom is 0.359 e. The SMILES string of the molecule is C#C[C@H](Oc1ccc(CN)c(F)c1)C(=O)OC. The van der Waals surface area contributed by atoms with Crippen LogP contribution in [0, 0.1) is 18.2 Å². The molecule has 17 heavy (non-hydrogen) atoms. The third-order valence-electron chi connectivity index (χ3n) is 2.07. The van der Waals surface area contributed by atoms with Crippen molar-refractivity contribution in [1.82, 2.24) is 0 Å². The van der Waals surface area contributed by atoms with Crippen molar-refractivity contribution in [2.75, 3.05) is 7.11 Å². The number of nitrogens with two attached hydrogens (primary N) is 1. The summed E-state index contributed by atoms with van der Waals surface area (Å²) in [6, 6.07) is 4.07.